The predicted molar refractivity (Wildman–Crippen MR) is 137 cm³/mol. The van der Waals surface area contributed by atoms with Crippen molar-refractivity contribution in [2.24, 2.45) is 0 Å². The van der Waals surface area contributed by atoms with E-state index in [0.717, 1.165) is 76.8 Å². The monoisotopic (exact) mass is 436 g/mol. The van der Waals surface area contributed by atoms with Crippen LogP contribution < -0.4 is 0 Å². The fraction of sp³-hybridized carbons (Fsp3) is 0. The molecule has 0 saturated heterocycles. The summed E-state index contributed by atoms with van der Waals surface area (Å²) in [5.41, 5.74) is 7.48. The lowest BCUT2D eigenvalue weighted by atomic mass is 10.0. The van der Waals surface area contributed by atoms with Crippen LogP contribution in [0.5, 0.6) is 0 Å². The van der Waals surface area contributed by atoms with Crippen molar-refractivity contribution in [1.29, 1.82) is 0 Å². The Morgan fingerprint density at radius 3 is 2.12 bits per heavy atom. The van der Waals surface area contributed by atoms with Crippen molar-refractivity contribution >= 4 is 65.7 Å². The molecule has 0 spiro atoms. The molecule has 4 aromatic carbocycles. The highest BCUT2D eigenvalue weighted by molar-refractivity contribution is 6.15. The van der Waals surface area contributed by atoms with Crippen LogP contribution in [0.4, 0.5) is 0 Å². The Bertz CT molecular complexity index is 2080. The molecule has 4 aromatic heterocycles. The molecule has 0 amide bonds. The van der Waals surface area contributed by atoms with Crippen LogP contribution in [0, 0.1) is 0 Å². The van der Waals surface area contributed by atoms with Crippen molar-refractivity contribution in [3.05, 3.63) is 97.3 Å². The molecule has 8 aromatic rings. The van der Waals surface area contributed by atoms with Gasteiger partial charge in [0.2, 0.25) is 0 Å². The van der Waals surface area contributed by atoms with Crippen molar-refractivity contribution in [2.75, 3.05) is 0 Å². The second kappa shape index (κ2) is 6.42. The summed E-state index contributed by atoms with van der Waals surface area (Å²) >= 11 is 0. The highest BCUT2D eigenvalue weighted by Gasteiger charge is 2.14. The third kappa shape index (κ3) is 2.42. The van der Waals surface area contributed by atoms with Gasteiger partial charge in [0, 0.05) is 50.3 Å². The second-order valence-electron chi connectivity index (χ2n) is 8.69. The maximum absolute atomic E-state index is 6.22. The molecule has 0 fully saturated rings. The maximum Gasteiger partial charge on any atom is 0.136 e. The van der Waals surface area contributed by atoms with Crippen LogP contribution in [-0.4, -0.2) is 9.97 Å². The van der Waals surface area contributed by atoms with Crippen LogP contribution in [0.2, 0.25) is 0 Å². The minimum Gasteiger partial charge on any atom is -0.456 e. The summed E-state index contributed by atoms with van der Waals surface area (Å²) in [6, 6.07) is 29.0. The van der Waals surface area contributed by atoms with Gasteiger partial charge in [-0.2, -0.15) is 0 Å². The third-order valence-electron chi connectivity index (χ3n) is 6.72. The number of para-hydroxylation sites is 1. The first-order valence-corrected chi connectivity index (χ1v) is 11.2. The SMILES string of the molecule is c1cnc2c(c1)ccc1cc(-c3ccc4oc5cc6c(cc5c4c3)oc3ccccc36)cnc12. The molecule has 8 rings (SSSR count). The Balaban J connectivity index is 1.34. The van der Waals surface area contributed by atoms with Gasteiger partial charge in [0.05, 0.1) is 11.0 Å². The molecule has 0 N–H and O–H groups in total. The summed E-state index contributed by atoms with van der Waals surface area (Å²) in [5, 5.41) is 6.46. The lowest BCUT2D eigenvalue weighted by Crippen LogP contribution is -1.87. The highest BCUT2D eigenvalue weighted by Crippen LogP contribution is 2.38. The Hall–Kier alpha value is -4.70. The smallest absolute Gasteiger partial charge is 0.136 e. The lowest BCUT2D eigenvalue weighted by Gasteiger charge is -2.06. The third-order valence-corrected chi connectivity index (χ3v) is 6.72. The van der Waals surface area contributed by atoms with E-state index in [0.29, 0.717) is 0 Å². The normalized spacial score (nSPS) is 12.1. The van der Waals surface area contributed by atoms with Crippen LogP contribution >= 0.6 is 0 Å². The predicted octanol–water partition coefficient (Wildman–Crippen LogP) is 8.25. The van der Waals surface area contributed by atoms with Gasteiger partial charge in [0.1, 0.15) is 22.3 Å². The molecule has 4 heterocycles. The molecule has 0 bridgehead atoms. The topological polar surface area (TPSA) is 52.1 Å². The average Bonchev–Trinajstić information content (AvgIpc) is 3.43. The van der Waals surface area contributed by atoms with E-state index in [4.69, 9.17) is 13.8 Å². The standard InChI is InChI=1S/C30H16N2O2/c1-2-6-25-21(5-1)23-14-28-24(15-27(23)33-25)22-13-18(9-10-26(22)34-28)20-12-19-8-7-17-4-3-11-31-29(17)30(19)32-16-20/h1-16H. The Kier molecular flexibility index (Phi) is 3.36. The number of rotatable bonds is 1. The zero-order valence-corrected chi connectivity index (χ0v) is 17.9. The number of pyridine rings is 2. The van der Waals surface area contributed by atoms with Crippen LogP contribution in [0.3, 0.4) is 0 Å². The number of nitrogens with zero attached hydrogens (tertiary/aromatic N) is 2. The number of hydrogen-bond donors (Lipinski definition) is 0. The molecule has 34 heavy (non-hydrogen) atoms. The molecule has 0 atom stereocenters. The average molecular weight is 436 g/mol. The first kappa shape index (κ1) is 17.8. The van der Waals surface area contributed by atoms with Gasteiger partial charge in [-0.3, -0.25) is 9.97 Å². The molecule has 0 aliphatic rings. The summed E-state index contributed by atoms with van der Waals surface area (Å²) in [6.45, 7) is 0. The van der Waals surface area contributed by atoms with Crippen molar-refractivity contribution in [1.82, 2.24) is 9.97 Å². The summed E-state index contributed by atoms with van der Waals surface area (Å²) < 4.78 is 12.3. The minimum atomic E-state index is 0.861. The number of hydrogen-bond acceptors (Lipinski definition) is 4. The van der Waals surface area contributed by atoms with Gasteiger partial charge in [-0.25, -0.2) is 0 Å². The number of benzene rings is 4. The summed E-state index contributed by atoms with van der Waals surface area (Å²) in [5.74, 6) is 0. The van der Waals surface area contributed by atoms with Crippen LogP contribution in [0.15, 0.2) is 106 Å². The largest absolute Gasteiger partial charge is 0.456 e. The Labute approximate surface area is 193 Å². The zero-order valence-electron chi connectivity index (χ0n) is 17.9. The van der Waals surface area contributed by atoms with Gasteiger partial charge in [-0.15, -0.1) is 0 Å². The van der Waals surface area contributed by atoms with E-state index in [2.05, 4.69) is 59.6 Å². The van der Waals surface area contributed by atoms with Crippen molar-refractivity contribution in [3.63, 3.8) is 0 Å². The van der Waals surface area contributed by atoms with E-state index in [1.807, 2.05) is 42.7 Å². The minimum absolute atomic E-state index is 0.861. The quantitative estimate of drug-likeness (QED) is 0.243. The molecule has 4 nitrogen and oxygen atoms in total. The van der Waals surface area contributed by atoms with Gasteiger partial charge in [-0.05, 0) is 48.0 Å². The van der Waals surface area contributed by atoms with E-state index in [1.54, 1.807) is 0 Å². The second-order valence-corrected chi connectivity index (χ2v) is 8.69. The highest BCUT2D eigenvalue weighted by atomic mass is 16.3. The summed E-state index contributed by atoms with van der Waals surface area (Å²) in [7, 11) is 0. The zero-order chi connectivity index (χ0) is 22.2. The number of furan rings is 2. The molecule has 0 aliphatic carbocycles. The van der Waals surface area contributed by atoms with Gasteiger partial charge in [-0.1, -0.05) is 42.5 Å². The van der Waals surface area contributed by atoms with Gasteiger partial charge in [0.15, 0.2) is 0 Å². The summed E-state index contributed by atoms with van der Waals surface area (Å²) in [6.07, 6.45) is 3.74. The first-order valence-electron chi connectivity index (χ1n) is 11.2. The Morgan fingerprint density at radius 1 is 0.471 bits per heavy atom. The van der Waals surface area contributed by atoms with E-state index >= 15 is 0 Å². The van der Waals surface area contributed by atoms with Gasteiger partial charge < -0.3 is 8.83 Å². The molecule has 4 heteroatoms. The Morgan fingerprint density at radius 2 is 1.21 bits per heavy atom. The summed E-state index contributed by atoms with van der Waals surface area (Å²) in [4.78, 5) is 9.32. The van der Waals surface area contributed by atoms with Crippen LogP contribution in [0.25, 0.3) is 76.8 Å². The van der Waals surface area contributed by atoms with Crippen LogP contribution in [-0.2, 0) is 0 Å². The fourth-order valence-electron chi connectivity index (χ4n) is 5.07. The number of aromatic nitrogens is 2. The number of fused-ring (bicyclic) bond motifs is 9. The van der Waals surface area contributed by atoms with E-state index in [9.17, 15) is 0 Å². The lowest BCUT2D eigenvalue weighted by molar-refractivity contribution is 0.664. The maximum atomic E-state index is 6.22. The molecule has 0 saturated carbocycles. The van der Waals surface area contributed by atoms with Gasteiger partial charge >= 0.3 is 0 Å². The van der Waals surface area contributed by atoms with Crippen molar-refractivity contribution in [3.8, 4) is 11.1 Å². The molecular formula is C30H16N2O2. The van der Waals surface area contributed by atoms with E-state index < -0.39 is 0 Å². The fourth-order valence-corrected chi connectivity index (χ4v) is 5.07. The van der Waals surface area contributed by atoms with E-state index in [-0.39, 0.29) is 0 Å². The molecule has 158 valence electrons. The first-order chi connectivity index (χ1) is 16.8. The van der Waals surface area contributed by atoms with Gasteiger partial charge in [0.25, 0.3) is 0 Å². The molecule has 0 aliphatic heterocycles. The molecular weight excluding hydrogens is 420 g/mol. The van der Waals surface area contributed by atoms with Crippen molar-refractivity contribution < 1.29 is 8.83 Å². The molecule has 0 unspecified atom stereocenters. The molecule has 0 radical (unpaired) electrons. The van der Waals surface area contributed by atoms with E-state index in [1.165, 1.54) is 0 Å². The van der Waals surface area contributed by atoms with Crippen LogP contribution in [0.1, 0.15) is 0 Å². The van der Waals surface area contributed by atoms with Crippen molar-refractivity contribution in [2.45, 2.75) is 0 Å².